The van der Waals surface area contributed by atoms with Crippen LogP contribution in [0, 0.1) is 12.3 Å². The van der Waals surface area contributed by atoms with Crippen molar-refractivity contribution in [2.45, 2.75) is 46.8 Å². The number of hydrogen-bond donors (Lipinski definition) is 2. The summed E-state index contributed by atoms with van der Waals surface area (Å²) in [6.07, 6.45) is 5.30. The Morgan fingerprint density at radius 2 is 1.90 bits per heavy atom. The molecule has 1 aliphatic heterocycles. The number of hydrogen-bond acceptors (Lipinski definition) is 6. The van der Waals surface area contributed by atoms with Crippen molar-refractivity contribution in [2.75, 3.05) is 16.8 Å². The van der Waals surface area contributed by atoms with Crippen LogP contribution in [-0.2, 0) is 40.1 Å². The Bertz CT molecular complexity index is 1670. The molecule has 1 amide bonds. The van der Waals surface area contributed by atoms with Crippen LogP contribution in [0.3, 0.4) is 0 Å². The fourth-order valence-electron chi connectivity index (χ4n) is 5.96. The lowest BCUT2D eigenvalue weighted by molar-refractivity contribution is 0.0962. The maximum atomic E-state index is 13.7. The van der Waals surface area contributed by atoms with Crippen LogP contribution in [0.1, 0.15) is 46.9 Å². The van der Waals surface area contributed by atoms with Gasteiger partial charge < -0.3 is 19.6 Å². The van der Waals surface area contributed by atoms with E-state index < -0.39 is 0 Å². The summed E-state index contributed by atoms with van der Waals surface area (Å²) in [5, 5.41) is 18.0. The monoisotopic (exact) mass is 527 g/mol. The molecule has 1 aliphatic carbocycles. The largest absolute Gasteiger partial charge is 0.392 e. The third kappa shape index (κ3) is 4.15. The second-order valence-corrected chi connectivity index (χ2v) is 11.4. The van der Waals surface area contributed by atoms with Crippen molar-refractivity contribution in [3.63, 3.8) is 0 Å². The van der Waals surface area contributed by atoms with E-state index in [0.717, 1.165) is 18.5 Å². The summed E-state index contributed by atoms with van der Waals surface area (Å²) in [6, 6.07) is 7.45. The molecule has 0 atom stereocenters. The molecule has 5 heterocycles. The molecule has 0 unspecified atom stereocenters. The van der Waals surface area contributed by atoms with E-state index in [1.54, 1.807) is 41.2 Å². The minimum Gasteiger partial charge on any atom is -0.392 e. The molecule has 0 bridgehead atoms. The molecule has 10 heteroatoms. The zero-order valence-electron chi connectivity index (χ0n) is 22.9. The van der Waals surface area contributed by atoms with E-state index in [4.69, 9.17) is 0 Å². The first-order valence-electron chi connectivity index (χ1n) is 13.2. The number of aryl methyl sites for hydroxylation is 3. The van der Waals surface area contributed by atoms with Gasteiger partial charge in [-0.15, -0.1) is 0 Å². The first-order valence-corrected chi connectivity index (χ1v) is 13.2. The average Bonchev–Trinajstić information content (AvgIpc) is 3.50. The number of aliphatic hydroxyl groups is 1. The van der Waals surface area contributed by atoms with Crippen molar-refractivity contribution in [1.82, 2.24) is 23.9 Å². The normalized spacial score (nSPS) is 15.9. The minimum atomic E-state index is -0.307. The van der Waals surface area contributed by atoms with E-state index in [2.05, 4.69) is 33.8 Å². The van der Waals surface area contributed by atoms with Gasteiger partial charge in [-0.05, 0) is 54.5 Å². The molecule has 202 valence electrons. The predicted molar refractivity (Wildman–Crippen MR) is 149 cm³/mol. The maximum Gasteiger partial charge on any atom is 0.276 e. The Morgan fingerprint density at radius 1 is 1.10 bits per heavy atom. The van der Waals surface area contributed by atoms with Crippen molar-refractivity contribution in [3.8, 4) is 11.1 Å². The van der Waals surface area contributed by atoms with Crippen LogP contribution in [0.4, 0.5) is 17.3 Å². The molecule has 10 nitrogen and oxygen atoms in total. The smallest absolute Gasteiger partial charge is 0.276 e. The molecular weight excluding hydrogens is 494 g/mol. The maximum absolute atomic E-state index is 13.7. The molecule has 2 N–H and O–H groups in total. The Balaban J connectivity index is 1.38. The quantitative estimate of drug-likeness (QED) is 0.412. The lowest BCUT2D eigenvalue weighted by atomic mass is 9.90. The molecule has 0 fully saturated rings. The predicted octanol–water partition coefficient (Wildman–Crippen LogP) is 3.31. The topological polar surface area (TPSA) is 110 Å². The Morgan fingerprint density at radius 3 is 2.62 bits per heavy atom. The third-order valence-corrected chi connectivity index (χ3v) is 7.94. The van der Waals surface area contributed by atoms with Gasteiger partial charge in [-0.25, -0.2) is 4.98 Å². The van der Waals surface area contributed by atoms with Gasteiger partial charge in [-0.3, -0.25) is 19.2 Å². The molecule has 0 aromatic carbocycles. The van der Waals surface area contributed by atoms with Crippen LogP contribution in [-0.4, -0.2) is 41.5 Å². The SMILES string of the molecule is Cc1cc(Nc2cc(-c3ccnc(N4CCn5c(cc6c5CC(C)(C)C6)C4=O)c3CO)cn(C)c2=O)nn1C. The van der Waals surface area contributed by atoms with Gasteiger partial charge >= 0.3 is 0 Å². The van der Waals surface area contributed by atoms with Gasteiger partial charge in [0, 0.05) is 68.2 Å². The lowest BCUT2D eigenvalue weighted by Crippen LogP contribution is -2.41. The van der Waals surface area contributed by atoms with Crippen molar-refractivity contribution < 1.29 is 9.90 Å². The van der Waals surface area contributed by atoms with Crippen molar-refractivity contribution in [1.29, 1.82) is 0 Å². The number of nitrogens with one attached hydrogen (secondary N) is 1. The van der Waals surface area contributed by atoms with E-state index in [9.17, 15) is 14.7 Å². The Hall–Kier alpha value is -4.18. The summed E-state index contributed by atoms with van der Waals surface area (Å²) >= 11 is 0. The highest BCUT2D eigenvalue weighted by atomic mass is 16.3. The number of anilines is 3. The summed E-state index contributed by atoms with van der Waals surface area (Å²) in [5.74, 6) is 0.900. The lowest BCUT2D eigenvalue weighted by Gasteiger charge is -2.31. The van der Waals surface area contributed by atoms with E-state index in [1.807, 2.05) is 26.1 Å². The van der Waals surface area contributed by atoms with Crippen LogP contribution in [0.15, 0.2) is 41.5 Å². The number of pyridine rings is 2. The number of amides is 1. The second kappa shape index (κ2) is 8.94. The second-order valence-electron chi connectivity index (χ2n) is 11.4. The minimum absolute atomic E-state index is 0.110. The summed E-state index contributed by atoms with van der Waals surface area (Å²) in [5.41, 5.74) is 6.48. The highest BCUT2D eigenvalue weighted by Crippen LogP contribution is 2.40. The van der Waals surface area contributed by atoms with Crippen molar-refractivity contribution >= 4 is 23.2 Å². The molecule has 39 heavy (non-hydrogen) atoms. The molecule has 0 saturated heterocycles. The van der Waals surface area contributed by atoms with E-state index in [-0.39, 0.29) is 23.5 Å². The van der Waals surface area contributed by atoms with Gasteiger partial charge in [0.15, 0.2) is 5.82 Å². The van der Waals surface area contributed by atoms with Crippen LogP contribution in [0.5, 0.6) is 0 Å². The number of rotatable bonds is 5. The molecule has 0 saturated carbocycles. The first kappa shape index (κ1) is 25.1. The van der Waals surface area contributed by atoms with Crippen molar-refractivity contribution in [3.05, 3.63) is 75.2 Å². The molecule has 0 radical (unpaired) electrons. The molecule has 4 aromatic heterocycles. The van der Waals surface area contributed by atoms with Crippen LogP contribution < -0.4 is 15.8 Å². The van der Waals surface area contributed by atoms with Crippen LogP contribution in [0.25, 0.3) is 11.1 Å². The molecule has 2 aliphatic rings. The molecule has 4 aromatic rings. The molecule has 0 spiro atoms. The number of nitrogens with zero attached hydrogens (tertiary/aromatic N) is 6. The van der Waals surface area contributed by atoms with Gasteiger partial charge in [-0.1, -0.05) is 13.8 Å². The fourth-order valence-corrected chi connectivity index (χ4v) is 5.96. The van der Waals surface area contributed by atoms with Crippen LogP contribution >= 0.6 is 0 Å². The van der Waals surface area contributed by atoms with Gasteiger partial charge in [0.25, 0.3) is 11.5 Å². The van der Waals surface area contributed by atoms with E-state index >= 15 is 0 Å². The first-order chi connectivity index (χ1) is 18.6. The number of aromatic nitrogens is 5. The van der Waals surface area contributed by atoms with E-state index in [0.29, 0.717) is 52.8 Å². The highest BCUT2D eigenvalue weighted by Gasteiger charge is 2.37. The van der Waals surface area contributed by atoms with Gasteiger partial charge in [0.05, 0.1) is 6.61 Å². The highest BCUT2D eigenvalue weighted by molar-refractivity contribution is 6.06. The van der Waals surface area contributed by atoms with Gasteiger partial charge in [-0.2, -0.15) is 5.10 Å². The summed E-state index contributed by atoms with van der Waals surface area (Å²) < 4.78 is 5.39. The molecule has 6 rings (SSSR count). The Kier molecular flexibility index (Phi) is 5.76. The van der Waals surface area contributed by atoms with E-state index in [1.165, 1.54) is 15.8 Å². The number of fused-ring (bicyclic) bond motifs is 3. The van der Waals surface area contributed by atoms with Crippen molar-refractivity contribution in [2.24, 2.45) is 19.5 Å². The number of carbonyl (C=O) groups excluding carboxylic acids is 1. The third-order valence-electron chi connectivity index (χ3n) is 7.94. The number of carbonyl (C=O) groups is 1. The van der Waals surface area contributed by atoms with Gasteiger partial charge in [0.2, 0.25) is 0 Å². The average molecular weight is 528 g/mol. The fraction of sp³-hybridized carbons (Fsp3) is 0.379. The zero-order chi connectivity index (χ0) is 27.6. The molecular formula is C29H33N7O3. The number of aliphatic hydroxyl groups excluding tert-OH is 1. The zero-order valence-corrected chi connectivity index (χ0v) is 22.9. The van der Waals surface area contributed by atoms with Crippen LogP contribution in [0.2, 0.25) is 0 Å². The summed E-state index contributed by atoms with van der Waals surface area (Å²) in [7, 11) is 3.53. The summed E-state index contributed by atoms with van der Waals surface area (Å²) in [4.78, 5) is 32.8. The standard InChI is InChI=1S/C29H33N7O3/c1-17-10-25(32-34(17)5)31-22-11-19(15-33(4)27(22)38)20-6-7-30-26(21(20)16-37)36-9-8-35-23(28(36)39)12-18-13-29(2,3)14-24(18)35/h6-7,10-12,15,37H,8-9,13-14,16H2,1-5H3,(H,31,32). The summed E-state index contributed by atoms with van der Waals surface area (Å²) in [6.45, 7) is 7.30. The van der Waals surface area contributed by atoms with Gasteiger partial charge in [0.1, 0.15) is 17.2 Å². The Labute approximate surface area is 226 Å².